The van der Waals surface area contributed by atoms with Gasteiger partial charge >= 0.3 is 0 Å². The molecule has 2 aromatic heterocycles. The molecule has 1 amide bonds. The molecule has 0 N–H and O–H groups in total. The molecule has 1 aliphatic heterocycles. The summed E-state index contributed by atoms with van der Waals surface area (Å²) in [6.45, 7) is 5.30. The van der Waals surface area contributed by atoms with E-state index in [0.29, 0.717) is 17.2 Å². The molecule has 1 saturated heterocycles. The second-order valence-corrected chi connectivity index (χ2v) is 5.82. The Kier molecular flexibility index (Phi) is 3.57. The van der Waals surface area contributed by atoms with E-state index in [1.807, 2.05) is 44.4 Å². The Morgan fingerprint density at radius 3 is 2.57 bits per heavy atom. The summed E-state index contributed by atoms with van der Waals surface area (Å²) in [5.74, 6) is 2.09. The van der Waals surface area contributed by atoms with Gasteiger partial charge in [0.15, 0.2) is 0 Å². The Bertz CT molecular complexity index is 648. The first kappa shape index (κ1) is 13.9. The fourth-order valence-corrected chi connectivity index (χ4v) is 3.15. The summed E-state index contributed by atoms with van der Waals surface area (Å²) >= 11 is 0. The summed E-state index contributed by atoms with van der Waals surface area (Å²) in [6, 6.07) is 1.84. The maximum atomic E-state index is 12.5. The van der Waals surface area contributed by atoms with Crippen molar-refractivity contribution in [3.8, 4) is 0 Å². The third-order valence-electron chi connectivity index (χ3n) is 4.33. The van der Waals surface area contributed by atoms with E-state index < -0.39 is 0 Å². The summed E-state index contributed by atoms with van der Waals surface area (Å²) < 4.78 is 7.54. The molecule has 0 radical (unpaired) electrons. The number of amides is 1. The van der Waals surface area contributed by atoms with Gasteiger partial charge in [0.2, 0.25) is 0 Å². The number of hydrogen-bond acceptors (Lipinski definition) is 3. The van der Waals surface area contributed by atoms with Crippen LogP contribution in [0.1, 0.15) is 46.3 Å². The number of carbonyl (C=O) groups excluding carboxylic acids is 1. The van der Waals surface area contributed by atoms with Crippen molar-refractivity contribution in [3.05, 3.63) is 41.4 Å². The van der Waals surface area contributed by atoms with Crippen molar-refractivity contribution in [1.29, 1.82) is 0 Å². The van der Waals surface area contributed by atoms with E-state index in [0.717, 1.165) is 31.7 Å². The summed E-state index contributed by atoms with van der Waals surface area (Å²) in [5.41, 5.74) is 1.96. The third kappa shape index (κ3) is 2.60. The first-order valence-electron chi connectivity index (χ1n) is 7.39. The molecule has 0 spiro atoms. The zero-order chi connectivity index (χ0) is 15.0. The molecule has 21 heavy (non-hydrogen) atoms. The van der Waals surface area contributed by atoms with Gasteiger partial charge in [-0.1, -0.05) is 0 Å². The number of nitrogens with zero attached hydrogens (tertiary/aromatic N) is 3. The highest BCUT2D eigenvalue weighted by Crippen LogP contribution is 2.28. The van der Waals surface area contributed by atoms with E-state index in [4.69, 9.17) is 4.42 Å². The molecule has 2 aromatic rings. The van der Waals surface area contributed by atoms with Gasteiger partial charge in [0, 0.05) is 37.9 Å². The van der Waals surface area contributed by atoms with Crippen LogP contribution in [0, 0.1) is 13.8 Å². The Morgan fingerprint density at radius 2 is 2.05 bits per heavy atom. The fourth-order valence-electron chi connectivity index (χ4n) is 3.15. The standard InChI is InChI=1S/C16H21N3O2/c1-11-8-14(12(2)21-11)16(20)19-6-4-13(5-7-19)15-9-17-10-18(15)3/h8-10,13H,4-7H2,1-3H3. The second kappa shape index (κ2) is 5.39. The first-order valence-corrected chi connectivity index (χ1v) is 7.39. The monoisotopic (exact) mass is 287 g/mol. The number of piperidine rings is 1. The third-order valence-corrected chi connectivity index (χ3v) is 4.33. The number of aromatic nitrogens is 2. The highest BCUT2D eigenvalue weighted by atomic mass is 16.3. The van der Waals surface area contributed by atoms with Gasteiger partial charge in [-0.3, -0.25) is 4.79 Å². The molecule has 0 saturated carbocycles. The fraction of sp³-hybridized carbons (Fsp3) is 0.500. The van der Waals surface area contributed by atoms with E-state index in [1.165, 1.54) is 5.69 Å². The molecular weight excluding hydrogens is 266 g/mol. The number of carbonyl (C=O) groups is 1. The van der Waals surface area contributed by atoms with Crippen LogP contribution in [0.25, 0.3) is 0 Å². The second-order valence-electron chi connectivity index (χ2n) is 5.82. The van der Waals surface area contributed by atoms with E-state index in [9.17, 15) is 4.79 Å². The molecule has 0 bridgehead atoms. The smallest absolute Gasteiger partial charge is 0.257 e. The van der Waals surface area contributed by atoms with Crippen molar-refractivity contribution < 1.29 is 9.21 Å². The highest BCUT2D eigenvalue weighted by Gasteiger charge is 2.27. The van der Waals surface area contributed by atoms with Gasteiger partial charge in [-0.25, -0.2) is 4.98 Å². The van der Waals surface area contributed by atoms with Gasteiger partial charge in [0.05, 0.1) is 11.9 Å². The lowest BCUT2D eigenvalue weighted by molar-refractivity contribution is 0.0710. The van der Waals surface area contributed by atoms with Gasteiger partial charge in [0.1, 0.15) is 11.5 Å². The van der Waals surface area contributed by atoms with Crippen LogP contribution in [-0.2, 0) is 7.05 Å². The Morgan fingerprint density at radius 1 is 1.33 bits per heavy atom. The largest absolute Gasteiger partial charge is 0.466 e. The first-order chi connectivity index (χ1) is 10.1. The average molecular weight is 287 g/mol. The maximum absolute atomic E-state index is 12.5. The molecule has 0 aliphatic carbocycles. The molecule has 3 heterocycles. The molecule has 0 aromatic carbocycles. The topological polar surface area (TPSA) is 51.3 Å². The van der Waals surface area contributed by atoms with Crippen molar-refractivity contribution in [2.75, 3.05) is 13.1 Å². The van der Waals surface area contributed by atoms with Crippen molar-refractivity contribution in [2.45, 2.75) is 32.6 Å². The molecule has 5 heteroatoms. The van der Waals surface area contributed by atoms with Gasteiger partial charge in [-0.2, -0.15) is 0 Å². The van der Waals surface area contributed by atoms with Crippen LogP contribution in [-0.4, -0.2) is 33.4 Å². The average Bonchev–Trinajstić information content (AvgIpc) is 3.04. The Balaban J connectivity index is 1.67. The molecule has 112 valence electrons. The highest BCUT2D eigenvalue weighted by molar-refractivity contribution is 5.95. The maximum Gasteiger partial charge on any atom is 0.257 e. The minimum atomic E-state index is 0.0906. The minimum Gasteiger partial charge on any atom is -0.466 e. The van der Waals surface area contributed by atoms with Gasteiger partial charge in [-0.15, -0.1) is 0 Å². The van der Waals surface area contributed by atoms with E-state index in [2.05, 4.69) is 9.55 Å². The number of imidazole rings is 1. The summed E-state index contributed by atoms with van der Waals surface area (Å²) in [6.07, 6.45) is 5.75. The number of hydrogen-bond donors (Lipinski definition) is 0. The van der Waals surface area contributed by atoms with Crippen molar-refractivity contribution in [2.24, 2.45) is 7.05 Å². The quantitative estimate of drug-likeness (QED) is 0.853. The van der Waals surface area contributed by atoms with Crippen LogP contribution in [0.5, 0.6) is 0 Å². The zero-order valence-corrected chi connectivity index (χ0v) is 12.8. The van der Waals surface area contributed by atoms with E-state index in [-0.39, 0.29) is 5.91 Å². The Labute approximate surface area is 124 Å². The van der Waals surface area contributed by atoms with Gasteiger partial charge in [0.25, 0.3) is 5.91 Å². The minimum absolute atomic E-state index is 0.0906. The molecule has 0 unspecified atom stereocenters. The summed E-state index contributed by atoms with van der Waals surface area (Å²) in [7, 11) is 2.03. The van der Waals surface area contributed by atoms with Crippen LogP contribution in [0.2, 0.25) is 0 Å². The Hall–Kier alpha value is -2.04. The summed E-state index contributed by atoms with van der Waals surface area (Å²) in [4.78, 5) is 18.7. The molecule has 3 rings (SSSR count). The number of rotatable bonds is 2. The predicted molar refractivity (Wildman–Crippen MR) is 79.3 cm³/mol. The van der Waals surface area contributed by atoms with E-state index >= 15 is 0 Å². The van der Waals surface area contributed by atoms with Crippen molar-refractivity contribution >= 4 is 5.91 Å². The van der Waals surface area contributed by atoms with Crippen LogP contribution in [0.4, 0.5) is 0 Å². The predicted octanol–water partition coefficient (Wildman–Crippen LogP) is 2.65. The lowest BCUT2D eigenvalue weighted by atomic mass is 9.93. The molecule has 0 atom stereocenters. The van der Waals surface area contributed by atoms with Crippen LogP contribution < -0.4 is 0 Å². The van der Waals surface area contributed by atoms with Crippen molar-refractivity contribution in [1.82, 2.24) is 14.5 Å². The molecular formula is C16H21N3O2. The number of furan rings is 1. The number of likely N-dealkylation sites (tertiary alicyclic amines) is 1. The number of aryl methyl sites for hydroxylation is 3. The lowest BCUT2D eigenvalue weighted by Gasteiger charge is -2.32. The molecule has 5 nitrogen and oxygen atoms in total. The summed E-state index contributed by atoms with van der Waals surface area (Å²) in [5, 5.41) is 0. The molecule has 1 aliphatic rings. The van der Waals surface area contributed by atoms with Crippen LogP contribution in [0.15, 0.2) is 23.0 Å². The van der Waals surface area contributed by atoms with Crippen molar-refractivity contribution in [3.63, 3.8) is 0 Å². The van der Waals surface area contributed by atoms with Gasteiger partial charge < -0.3 is 13.9 Å². The lowest BCUT2D eigenvalue weighted by Crippen LogP contribution is -2.38. The van der Waals surface area contributed by atoms with Crippen LogP contribution >= 0.6 is 0 Å². The molecule has 1 fully saturated rings. The van der Waals surface area contributed by atoms with E-state index in [1.54, 1.807) is 0 Å². The van der Waals surface area contributed by atoms with Crippen LogP contribution in [0.3, 0.4) is 0 Å². The SMILES string of the molecule is Cc1cc(C(=O)N2CCC(c3cncn3C)CC2)c(C)o1. The normalized spacial score (nSPS) is 16.4. The van der Waals surface area contributed by atoms with Gasteiger partial charge in [-0.05, 0) is 32.8 Å². The zero-order valence-electron chi connectivity index (χ0n) is 12.8.